The van der Waals surface area contributed by atoms with E-state index in [1.165, 1.54) is 6.42 Å². The van der Waals surface area contributed by atoms with Crippen LogP contribution in [0.4, 0.5) is 0 Å². The van der Waals surface area contributed by atoms with Crippen LogP contribution in [0.2, 0.25) is 0 Å². The van der Waals surface area contributed by atoms with Crippen molar-refractivity contribution in [1.82, 2.24) is 15.1 Å². The van der Waals surface area contributed by atoms with Gasteiger partial charge in [-0.2, -0.15) is 5.10 Å². The molecule has 1 aliphatic heterocycles. The van der Waals surface area contributed by atoms with Gasteiger partial charge in [0.05, 0.1) is 0 Å². The van der Waals surface area contributed by atoms with E-state index in [1.54, 1.807) is 0 Å². The van der Waals surface area contributed by atoms with Crippen molar-refractivity contribution in [3.8, 4) is 0 Å². The predicted molar refractivity (Wildman–Crippen MR) is 62.2 cm³/mol. The van der Waals surface area contributed by atoms with Crippen LogP contribution in [0.15, 0.2) is 6.07 Å². The number of nitrogens with one attached hydrogen (secondary N) is 1. The lowest BCUT2D eigenvalue weighted by atomic mass is 9.92. The molecule has 0 spiro atoms. The highest BCUT2D eigenvalue weighted by Crippen LogP contribution is 2.22. The minimum Gasteiger partial charge on any atom is -0.337 e. The lowest BCUT2D eigenvalue weighted by Gasteiger charge is -2.34. The molecule has 0 bridgehead atoms. The number of amides is 1. The zero-order valence-corrected chi connectivity index (χ0v) is 10.2. The summed E-state index contributed by atoms with van der Waals surface area (Å²) in [6, 6.07) is 1.81. The van der Waals surface area contributed by atoms with Crippen molar-refractivity contribution in [2.24, 2.45) is 11.8 Å². The highest BCUT2D eigenvalue weighted by atomic mass is 16.2. The molecule has 1 amide bonds. The van der Waals surface area contributed by atoms with E-state index in [0.717, 1.165) is 18.8 Å². The summed E-state index contributed by atoms with van der Waals surface area (Å²) in [5.74, 6) is 1.24. The largest absolute Gasteiger partial charge is 0.337 e. The second-order valence-electron chi connectivity index (χ2n) is 5.09. The molecule has 0 aromatic carbocycles. The third kappa shape index (κ3) is 2.26. The number of nitrogens with zero attached hydrogens (tertiary/aromatic N) is 2. The topological polar surface area (TPSA) is 49.0 Å². The van der Waals surface area contributed by atoms with E-state index >= 15 is 0 Å². The van der Waals surface area contributed by atoms with E-state index in [0.29, 0.717) is 17.5 Å². The zero-order valence-electron chi connectivity index (χ0n) is 10.2. The molecule has 2 unspecified atom stereocenters. The van der Waals surface area contributed by atoms with Crippen LogP contribution in [0.5, 0.6) is 0 Å². The first kappa shape index (κ1) is 11.2. The lowest BCUT2D eigenvalue weighted by molar-refractivity contribution is 0.0617. The fraction of sp³-hybridized carbons (Fsp3) is 0.667. The Morgan fingerprint density at radius 1 is 1.44 bits per heavy atom. The van der Waals surface area contributed by atoms with Gasteiger partial charge in [-0.15, -0.1) is 0 Å². The van der Waals surface area contributed by atoms with E-state index in [4.69, 9.17) is 0 Å². The number of likely N-dealkylation sites (tertiary alicyclic amines) is 1. The molecule has 1 aliphatic rings. The number of hydrogen-bond acceptors (Lipinski definition) is 2. The third-order valence-electron chi connectivity index (χ3n) is 3.08. The number of carbonyl (C=O) groups excluding carboxylic acids is 1. The Hall–Kier alpha value is -1.32. The molecule has 2 atom stereocenters. The van der Waals surface area contributed by atoms with Gasteiger partial charge in [0.1, 0.15) is 5.69 Å². The maximum atomic E-state index is 12.1. The van der Waals surface area contributed by atoms with E-state index in [-0.39, 0.29) is 5.91 Å². The molecule has 1 saturated heterocycles. The van der Waals surface area contributed by atoms with Gasteiger partial charge >= 0.3 is 0 Å². The number of carbonyl (C=O) groups is 1. The quantitative estimate of drug-likeness (QED) is 0.786. The first-order chi connectivity index (χ1) is 7.56. The second kappa shape index (κ2) is 4.28. The number of H-pyrrole nitrogens is 1. The molecule has 1 aromatic rings. The summed E-state index contributed by atoms with van der Waals surface area (Å²) in [6.07, 6.45) is 1.21. The minimum atomic E-state index is 0.0581. The summed E-state index contributed by atoms with van der Waals surface area (Å²) >= 11 is 0. The number of hydrogen-bond donors (Lipinski definition) is 1. The Labute approximate surface area is 96.0 Å². The van der Waals surface area contributed by atoms with Crippen LogP contribution in [0.1, 0.15) is 36.5 Å². The molecule has 0 radical (unpaired) electrons. The van der Waals surface area contributed by atoms with Crippen molar-refractivity contribution in [1.29, 1.82) is 0 Å². The minimum absolute atomic E-state index is 0.0581. The van der Waals surface area contributed by atoms with Crippen molar-refractivity contribution in [3.05, 3.63) is 17.5 Å². The maximum Gasteiger partial charge on any atom is 0.274 e. The summed E-state index contributed by atoms with van der Waals surface area (Å²) in [6.45, 7) is 8.02. The van der Waals surface area contributed by atoms with Gasteiger partial charge in [0.2, 0.25) is 0 Å². The van der Waals surface area contributed by atoms with E-state index in [1.807, 2.05) is 17.9 Å². The molecule has 0 saturated carbocycles. The smallest absolute Gasteiger partial charge is 0.274 e. The molecule has 1 aromatic heterocycles. The Bertz CT molecular complexity index is 375. The average molecular weight is 221 g/mol. The fourth-order valence-corrected chi connectivity index (χ4v) is 2.52. The second-order valence-corrected chi connectivity index (χ2v) is 5.09. The standard InChI is InChI=1S/C12H19N3O/c1-8-4-9(2)7-15(6-8)12(16)11-5-10(3)13-14-11/h5,8-9H,4,6-7H2,1-3H3,(H,13,14). The highest BCUT2D eigenvalue weighted by Gasteiger charge is 2.27. The summed E-state index contributed by atoms with van der Waals surface area (Å²) in [5.41, 5.74) is 1.47. The Kier molecular flexibility index (Phi) is 2.99. The maximum absolute atomic E-state index is 12.1. The predicted octanol–water partition coefficient (Wildman–Crippen LogP) is 1.84. The van der Waals surface area contributed by atoms with Crippen LogP contribution >= 0.6 is 0 Å². The first-order valence-electron chi connectivity index (χ1n) is 5.87. The van der Waals surface area contributed by atoms with Gasteiger partial charge in [-0.05, 0) is 31.2 Å². The fourth-order valence-electron chi connectivity index (χ4n) is 2.52. The van der Waals surface area contributed by atoms with Gasteiger partial charge < -0.3 is 4.90 Å². The number of piperidine rings is 1. The summed E-state index contributed by atoms with van der Waals surface area (Å²) < 4.78 is 0. The van der Waals surface area contributed by atoms with Crippen molar-refractivity contribution < 1.29 is 4.79 Å². The number of aromatic nitrogens is 2. The highest BCUT2D eigenvalue weighted by molar-refractivity contribution is 5.92. The van der Waals surface area contributed by atoms with Crippen LogP contribution < -0.4 is 0 Å². The molecule has 4 nitrogen and oxygen atoms in total. The van der Waals surface area contributed by atoms with Gasteiger partial charge in [-0.3, -0.25) is 9.89 Å². The molecular weight excluding hydrogens is 202 g/mol. The SMILES string of the molecule is Cc1cc(C(=O)N2CC(C)CC(C)C2)n[nH]1. The average Bonchev–Trinajstić information content (AvgIpc) is 2.62. The van der Waals surface area contributed by atoms with Crippen LogP contribution in [-0.2, 0) is 0 Å². The monoisotopic (exact) mass is 221 g/mol. The molecule has 88 valence electrons. The summed E-state index contributed by atoms with van der Waals surface area (Å²) in [5, 5.41) is 6.84. The Balaban J connectivity index is 2.09. The number of rotatable bonds is 1. The van der Waals surface area contributed by atoms with Crippen molar-refractivity contribution >= 4 is 5.91 Å². The van der Waals surface area contributed by atoms with E-state index in [2.05, 4.69) is 24.0 Å². The molecule has 1 N–H and O–H groups in total. The molecule has 0 aliphatic carbocycles. The molecule has 4 heteroatoms. The Morgan fingerprint density at radius 2 is 2.06 bits per heavy atom. The van der Waals surface area contributed by atoms with Crippen LogP contribution in [0, 0.1) is 18.8 Å². The van der Waals surface area contributed by atoms with Crippen molar-refractivity contribution in [2.75, 3.05) is 13.1 Å². The van der Waals surface area contributed by atoms with E-state index < -0.39 is 0 Å². The molecule has 2 rings (SSSR count). The third-order valence-corrected chi connectivity index (χ3v) is 3.08. The van der Waals surface area contributed by atoms with Gasteiger partial charge in [0.15, 0.2) is 0 Å². The van der Waals surface area contributed by atoms with Crippen LogP contribution in [0.3, 0.4) is 0 Å². The molecule has 2 heterocycles. The molecule has 1 fully saturated rings. The van der Waals surface area contributed by atoms with E-state index in [9.17, 15) is 4.79 Å². The van der Waals surface area contributed by atoms with Gasteiger partial charge in [0, 0.05) is 18.8 Å². The Morgan fingerprint density at radius 3 is 2.56 bits per heavy atom. The van der Waals surface area contributed by atoms with Crippen LogP contribution in [-0.4, -0.2) is 34.1 Å². The normalized spacial score (nSPS) is 25.8. The van der Waals surface area contributed by atoms with Gasteiger partial charge in [0.25, 0.3) is 5.91 Å². The van der Waals surface area contributed by atoms with Crippen molar-refractivity contribution in [3.63, 3.8) is 0 Å². The lowest BCUT2D eigenvalue weighted by Crippen LogP contribution is -2.42. The number of aromatic amines is 1. The number of aryl methyl sites for hydroxylation is 1. The van der Waals surface area contributed by atoms with Gasteiger partial charge in [-0.25, -0.2) is 0 Å². The molecule has 16 heavy (non-hydrogen) atoms. The van der Waals surface area contributed by atoms with Crippen LogP contribution in [0.25, 0.3) is 0 Å². The summed E-state index contributed by atoms with van der Waals surface area (Å²) in [4.78, 5) is 14.1. The first-order valence-corrected chi connectivity index (χ1v) is 5.87. The zero-order chi connectivity index (χ0) is 11.7. The van der Waals surface area contributed by atoms with Gasteiger partial charge in [-0.1, -0.05) is 13.8 Å². The molecular formula is C12H19N3O. The summed E-state index contributed by atoms with van der Waals surface area (Å²) in [7, 11) is 0. The van der Waals surface area contributed by atoms with Crippen molar-refractivity contribution in [2.45, 2.75) is 27.2 Å².